The maximum Gasteiger partial charge on any atom is 0.342 e. The van der Waals surface area contributed by atoms with Crippen molar-refractivity contribution in [1.29, 1.82) is 0 Å². The highest BCUT2D eigenvalue weighted by atomic mass is 16.5. The lowest BCUT2D eigenvalue weighted by molar-refractivity contribution is -0.125. The van der Waals surface area contributed by atoms with Crippen LogP contribution in [0.5, 0.6) is 5.75 Å². The number of esters is 1. The average molecular weight is 438 g/mol. The third-order valence-corrected chi connectivity index (χ3v) is 5.39. The Morgan fingerprint density at radius 3 is 2.19 bits per heavy atom. The molecular weight excluding hydrogens is 412 g/mol. The van der Waals surface area contributed by atoms with Gasteiger partial charge >= 0.3 is 5.97 Å². The molecule has 8 heteroatoms. The molecule has 1 aliphatic heterocycles. The van der Waals surface area contributed by atoms with Gasteiger partial charge in [0.05, 0.1) is 24.8 Å². The number of rotatable bonds is 9. The summed E-state index contributed by atoms with van der Waals surface area (Å²) in [4.78, 5) is 51.0. The van der Waals surface area contributed by atoms with Gasteiger partial charge in [-0.3, -0.25) is 19.3 Å². The number of nitrogens with one attached hydrogen (secondary N) is 1. The summed E-state index contributed by atoms with van der Waals surface area (Å²) in [5.41, 5.74) is 1.37. The van der Waals surface area contributed by atoms with Crippen LogP contribution < -0.4 is 10.1 Å². The second kappa shape index (κ2) is 10.1. The Bertz CT molecular complexity index is 1010. The van der Waals surface area contributed by atoms with Crippen molar-refractivity contribution in [2.45, 2.75) is 39.3 Å². The Morgan fingerprint density at radius 1 is 1.00 bits per heavy atom. The fourth-order valence-electron chi connectivity index (χ4n) is 3.55. The number of ether oxygens (including phenoxy) is 2. The Labute approximate surface area is 186 Å². The number of carbonyl (C=O) groups excluding carboxylic acids is 4. The summed E-state index contributed by atoms with van der Waals surface area (Å²) in [5.74, 6) is -1.62. The lowest BCUT2D eigenvalue weighted by atomic mass is 10.1. The highest BCUT2D eigenvalue weighted by Gasteiger charge is 2.35. The average Bonchev–Trinajstić information content (AvgIpc) is 3.05. The summed E-state index contributed by atoms with van der Waals surface area (Å²) in [6.45, 7) is 3.50. The molecule has 8 nitrogen and oxygen atoms in total. The van der Waals surface area contributed by atoms with Gasteiger partial charge in [0, 0.05) is 6.04 Å². The molecule has 0 atom stereocenters. The van der Waals surface area contributed by atoms with Crippen LogP contribution in [0.3, 0.4) is 0 Å². The zero-order valence-corrected chi connectivity index (χ0v) is 18.3. The summed E-state index contributed by atoms with van der Waals surface area (Å²) in [5, 5.41) is 2.80. The van der Waals surface area contributed by atoms with Crippen molar-refractivity contribution in [3.63, 3.8) is 0 Å². The Balaban J connectivity index is 1.72. The Hall–Kier alpha value is -3.68. The zero-order valence-electron chi connectivity index (χ0n) is 18.3. The predicted octanol–water partition coefficient (Wildman–Crippen LogP) is 2.95. The maximum absolute atomic E-state index is 12.6. The van der Waals surface area contributed by atoms with Crippen molar-refractivity contribution < 1.29 is 28.7 Å². The van der Waals surface area contributed by atoms with Crippen LogP contribution in [0.2, 0.25) is 0 Å². The molecule has 0 unspecified atom stereocenters. The number of benzene rings is 2. The van der Waals surface area contributed by atoms with Crippen LogP contribution in [-0.4, -0.2) is 48.3 Å². The van der Waals surface area contributed by atoms with Crippen LogP contribution in [0, 0.1) is 0 Å². The molecule has 0 spiro atoms. The van der Waals surface area contributed by atoms with E-state index < -0.39 is 12.6 Å². The maximum atomic E-state index is 12.6. The van der Waals surface area contributed by atoms with Gasteiger partial charge < -0.3 is 14.8 Å². The molecule has 0 saturated carbocycles. The van der Waals surface area contributed by atoms with E-state index in [4.69, 9.17) is 9.47 Å². The molecule has 2 aromatic rings. The number of hydrogen-bond acceptors (Lipinski definition) is 6. The quantitative estimate of drug-likeness (QED) is 0.477. The second-order valence-electron chi connectivity index (χ2n) is 7.43. The van der Waals surface area contributed by atoms with E-state index in [2.05, 4.69) is 5.32 Å². The molecular formula is C24H26N2O6. The molecule has 32 heavy (non-hydrogen) atoms. The molecule has 1 N–H and O–H groups in total. The van der Waals surface area contributed by atoms with E-state index in [1.54, 1.807) is 36.4 Å². The van der Waals surface area contributed by atoms with E-state index in [-0.39, 0.29) is 41.6 Å². The van der Waals surface area contributed by atoms with Crippen LogP contribution in [0.25, 0.3) is 0 Å². The van der Waals surface area contributed by atoms with Gasteiger partial charge in [-0.15, -0.1) is 0 Å². The highest BCUT2D eigenvalue weighted by Crippen LogP contribution is 2.26. The first-order chi connectivity index (χ1) is 15.4. The minimum Gasteiger partial charge on any atom is -0.496 e. The Kier molecular flexibility index (Phi) is 7.25. The fraction of sp³-hybridized carbons (Fsp3) is 0.333. The third-order valence-electron chi connectivity index (χ3n) is 5.39. The van der Waals surface area contributed by atoms with E-state index in [0.29, 0.717) is 16.7 Å². The molecule has 0 saturated heterocycles. The minimum absolute atomic E-state index is 0.00815. The van der Waals surface area contributed by atoms with Crippen LogP contribution in [0.4, 0.5) is 0 Å². The molecule has 1 heterocycles. The first-order valence-corrected chi connectivity index (χ1v) is 10.5. The van der Waals surface area contributed by atoms with E-state index in [9.17, 15) is 19.2 Å². The molecule has 0 radical (unpaired) electrons. The van der Waals surface area contributed by atoms with E-state index in [0.717, 1.165) is 17.7 Å². The van der Waals surface area contributed by atoms with Gasteiger partial charge in [0.2, 0.25) is 0 Å². The number of fused-ring (bicyclic) bond motifs is 1. The van der Waals surface area contributed by atoms with Crippen molar-refractivity contribution in [3.8, 4) is 5.75 Å². The molecule has 0 aromatic heterocycles. The van der Waals surface area contributed by atoms with Crippen molar-refractivity contribution in [2.75, 3.05) is 13.7 Å². The first kappa shape index (κ1) is 23.0. The van der Waals surface area contributed by atoms with Crippen LogP contribution in [-0.2, 0) is 16.1 Å². The normalized spacial score (nSPS) is 12.7. The molecule has 1 aliphatic rings. The SMILES string of the molecule is CCC(CC)NC(=O)COC(=O)c1cc(CN2C(=O)c3ccccc3C2=O)ccc1OC. The van der Waals surface area contributed by atoms with E-state index >= 15 is 0 Å². The van der Waals surface area contributed by atoms with Crippen molar-refractivity contribution in [3.05, 3.63) is 64.7 Å². The lowest BCUT2D eigenvalue weighted by Crippen LogP contribution is -2.36. The molecule has 0 fully saturated rings. The smallest absolute Gasteiger partial charge is 0.342 e. The van der Waals surface area contributed by atoms with Gasteiger partial charge in [-0.05, 0) is 42.7 Å². The van der Waals surface area contributed by atoms with Gasteiger partial charge in [0.1, 0.15) is 11.3 Å². The van der Waals surface area contributed by atoms with Gasteiger partial charge in [0.15, 0.2) is 6.61 Å². The predicted molar refractivity (Wildman–Crippen MR) is 116 cm³/mol. The number of nitrogens with zero attached hydrogens (tertiary/aromatic N) is 1. The molecule has 0 aliphatic carbocycles. The van der Waals surface area contributed by atoms with Crippen molar-refractivity contribution in [2.24, 2.45) is 0 Å². The summed E-state index contributed by atoms with van der Waals surface area (Å²) in [6, 6.07) is 11.4. The molecule has 168 valence electrons. The zero-order chi connectivity index (χ0) is 23.3. The van der Waals surface area contributed by atoms with E-state index in [1.165, 1.54) is 13.2 Å². The minimum atomic E-state index is -0.731. The summed E-state index contributed by atoms with van der Waals surface area (Å²) in [6.07, 6.45) is 1.56. The first-order valence-electron chi connectivity index (χ1n) is 10.5. The number of imide groups is 1. The largest absolute Gasteiger partial charge is 0.496 e. The molecule has 3 rings (SSSR count). The van der Waals surface area contributed by atoms with Crippen LogP contribution in [0.15, 0.2) is 42.5 Å². The summed E-state index contributed by atoms with van der Waals surface area (Å²) < 4.78 is 10.4. The van der Waals surface area contributed by atoms with Crippen LogP contribution in [0.1, 0.15) is 63.3 Å². The summed E-state index contributed by atoms with van der Waals surface area (Å²) >= 11 is 0. The Morgan fingerprint density at radius 2 is 1.62 bits per heavy atom. The second-order valence-corrected chi connectivity index (χ2v) is 7.43. The summed E-state index contributed by atoms with van der Waals surface area (Å²) in [7, 11) is 1.41. The lowest BCUT2D eigenvalue weighted by Gasteiger charge is -2.16. The van der Waals surface area contributed by atoms with Gasteiger partial charge in [-0.25, -0.2) is 4.79 Å². The number of amides is 3. The fourth-order valence-corrected chi connectivity index (χ4v) is 3.55. The monoisotopic (exact) mass is 438 g/mol. The standard InChI is InChI=1S/C24H26N2O6/c1-4-16(5-2)25-21(27)14-32-24(30)19-12-15(10-11-20(19)31-3)13-26-22(28)17-8-6-7-9-18(17)23(26)29/h6-12,16H,4-5,13-14H2,1-3H3,(H,25,27). The van der Waals surface area contributed by atoms with Gasteiger partial charge in [0.25, 0.3) is 17.7 Å². The van der Waals surface area contributed by atoms with Gasteiger partial charge in [-0.1, -0.05) is 32.0 Å². The number of methoxy groups -OCH3 is 1. The molecule has 2 aromatic carbocycles. The molecule has 3 amide bonds. The van der Waals surface area contributed by atoms with Gasteiger partial charge in [-0.2, -0.15) is 0 Å². The number of carbonyl (C=O) groups is 4. The highest BCUT2D eigenvalue weighted by molar-refractivity contribution is 6.21. The third kappa shape index (κ3) is 4.80. The molecule has 0 bridgehead atoms. The number of hydrogen-bond donors (Lipinski definition) is 1. The van der Waals surface area contributed by atoms with Crippen LogP contribution >= 0.6 is 0 Å². The van der Waals surface area contributed by atoms with E-state index in [1.807, 2.05) is 13.8 Å². The van der Waals surface area contributed by atoms with Crippen molar-refractivity contribution in [1.82, 2.24) is 10.2 Å². The topological polar surface area (TPSA) is 102 Å². The van der Waals surface area contributed by atoms with Crippen molar-refractivity contribution >= 4 is 23.7 Å².